The Labute approximate surface area is 160 Å². The van der Waals surface area contributed by atoms with Crippen molar-refractivity contribution >= 4 is 33.3 Å². The van der Waals surface area contributed by atoms with Gasteiger partial charge < -0.3 is 9.15 Å². The maximum Gasteiger partial charge on any atom is 0.263 e. The molecule has 0 N–H and O–H groups in total. The first-order valence-electron chi connectivity index (χ1n) is 9.04. The summed E-state index contributed by atoms with van der Waals surface area (Å²) >= 11 is 3.22. The molecule has 5 nitrogen and oxygen atoms in total. The Hall–Kier alpha value is -1.57. The summed E-state index contributed by atoms with van der Waals surface area (Å²) in [6.45, 7) is 3.34. The van der Waals surface area contributed by atoms with E-state index in [1.807, 2.05) is 18.2 Å². The molecule has 1 fully saturated rings. The predicted octanol–water partition coefficient (Wildman–Crippen LogP) is 4.32. The molecule has 0 bridgehead atoms. The number of ether oxygens (including phenoxy) is 1. The van der Waals surface area contributed by atoms with Crippen LogP contribution in [-0.2, 0) is 17.7 Å². The van der Waals surface area contributed by atoms with Crippen molar-refractivity contribution in [3.8, 4) is 0 Å². The van der Waals surface area contributed by atoms with Crippen molar-refractivity contribution < 1.29 is 9.15 Å². The molecule has 26 heavy (non-hydrogen) atoms. The van der Waals surface area contributed by atoms with Crippen LogP contribution < -0.4 is 5.56 Å². The molecule has 0 radical (unpaired) electrons. The molecule has 138 valence electrons. The standard InChI is InChI=1S/C19H22N2O3S2/c1-2-15-10-16-17(26-15)20-19(25-12-14-6-3-4-8-24-14)21(18(16)22)11-13-7-5-9-23-13/h5,7,9-10,14H,2-4,6,8,11-12H2,1H3. The third-order valence-electron chi connectivity index (χ3n) is 4.58. The zero-order chi connectivity index (χ0) is 17.9. The molecule has 1 atom stereocenters. The van der Waals surface area contributed by atoms with Crippen LogP contribution in [0.4, 0.5) is 0 Å². The zero-order valence-electron chi connectivity index (χ0n) is 14.8. The Bertz CT molecular complexity index is 924. The zero-order valence-corrected chi connectivity index (χ0v) is 16.4. The van der Waals surface area contributed by atoms with Crippen molar-refractivity contribution in [2.45, 2.75) is 50.4 Å². The van der Waals surface area contributed by atoms with Crippen molar-refractivity contribution in [2.75, 3.05) is 12.4 Å². The van der Waals surface area contributed by atoms with E-state index < -0.39 is 0 Å². The predicted molar refractivity (Wildman–Crippen MR) is 105 cm³/mol. The van der Waals surface area contributed by atoms with Gasteiger partial charge in [-0.25, -0.2) is 4.98 Å². The number of fused-ring (bicyclic) bond motifs is 1. The molecule has 4 heterocycles. The molecular formula is C19H22N2O3S2. The monoisotopic (exact) mass is 390 g/mol. The second-order valence-electron chi connectivity index (χ2n) is 6.45. The smallest absolute Gasteiger partial charge is 0.263 e. The number of thioether (sulfide) groups is 1. The first-order chi connectivity index (χ1) is 12.7. The van der Waals surface area contributed by atoms with Crippen LogP contribution in [0.1, 0.15) is 36.8 Å². The molecule has 7 heteroatoms. The summed E-state index contributed by atoms with van der Waals surface area (Å²) in [7, 11) is 0. The molecule has 0 aliphatic carbocycles. The first kappa shape index (κ1) is 17.8. The van der Waals surface area contributed by atoms with Gasteiger partial charge in [0.25, 0.3) is 5.56 Å². The summed E-state index contributed by atoms with van der Waals surface area (Å²) in [6.07, 6.45) is 6.22. The average molecular weight is 391 g/mol. The van der Waals surface area contributed by atoms with E-state index in [2.05, 4.69) is 6.92 Å². The molecule has 1 unspecified atom stereocenters. The summed E-state index contributed by atoms with van der Waals surface area (Å²) in [5, 5.41) is 1.45. The minimum atomic E-state index is 0.00872. The molecule has 3 aromatic rings. The van der Waals surface area contributed by atoms with Gasteiger partial charge in [0.2, 0.25) is 0 Å². The van der Waals surface area contributed by atoms with Crippen molar-refractivity contribution in [1.29, 1.82) is 0 Å². The van der Waals surface area contributed by atoms with Gasteiger partial charge in [0.05, 0.1) is 24.3 Å². The summed E-state index contributed by atoms with van der Waals surface area (Å²) in [5.74, 6) is 1.58. The van der Waals surface area contributed by atoms with E-state index in [0.29, 0.717) is 11.9 Å². The lowest BCUT2D eigenvalue weighted by molar-refractivity contribution is 0.0315. The van der Waals surface area contributed by atoms with Crippen molar-refractivity contribution in [2.24, 2.45) is 0 Å². The molecule has 0 saturated carbocycles. The number of nitrogens with zero attached hydrogens (tertiary/aromatic N) is 2. The van der Waals surface area contributed by atoms with Crippen molar-refractivity contribution in [1.82, 2.24) is 9.55 Å². The van der Waals surface area contributed by atoms with Crippen LogP contribution in [0.25, 0.3) is 10.2 Å². The van der Waals surface area contributed by atoms with Gasteiger partial charge in [-0.15, -0.1) is 11.3 Å². The molecule has 0 spiro atoms. The molecular weight excluding hydrogens is 368 g/mol. The Morgan fingerprint density at radius 2 is 2.35 bits per heavy atom. The van der Waals surface area contributed by atoms with E-state index >= 15 is 0 Å². The van der Waals surface area contributed by atoms with Crippen LogP contribution in [0.15, 0.2) is 38.8 Å². The van der Waals surface area contributed by atoms with Gasteiger partial charge in [-0.3, -0.25) is 9.36 Å². The third kappa shape index (κ3) is 3.75. The van der Waals surface area contributed by atoms with Gasteiger partial charge in [-0.05, 0) is 43.9 Å². The topological polar surface area (TPSA) is 57.3 Å². The largest absolute Gasteiger partial charge is 0.467 e. The summed E-state index contributed by atoms with van der Waals surface area (Å²) in [4.78, 5) is 19.9. The molecule has 1 aliphatic heterocycles. The molecule has 1 aliphatic rings. The second kappa shape index (κ2) is 7.98. The highest BCUT2D eigenvalue weighted by Crippen LogP contribution is 2.27. The Kier molecular flexibility index (Phi) is 5.47. The summed E-state index contributed by atoms with van der Waals surface area (Å²) in [6, 6.07) is 5.71. The number of hydrogen-bond donors (Lipinski definition) is 0. The number of furan rings is 1. The maximum absolute atomic E-state index is 13.1. The van der Waals surface area contributed by atoms with Gasteiger partial charge >= 0.3 is 0 Å². The van der Waals surface area contributed by atoms with Crippen LogP contribution >= 0.6 is 23.1 Å². The molecule has 0 aromatic carbocycles. The number of aromatic nitrogens is 2. The lowest BCUT2D eigenvalue weighted by atomic mass is 10.1. The number of aryl methyl sites for hydroxylation is 1. The van der Waals surface area contributed by atoms with Gasteiger partial charge in [-0.1, -0.05) is 18.7 Å². The highest BCUT2D eigenvalue weighted by atomic mass is 32.2. The number of rotatable bonds is 6. The van der Waals surface area contributed by atoms with Crippen molar-refractivity contribution in [3.05, 3.63) is 45.5 Å². The van der Waals surface area contributed by atoms with E-state index in [4.69, 9.17) is 14.1 Å². The quantitative estimate of drug-likeness (QED) is 0.463. The Morgan fingerprint density at radius 1 is 1.42 bits per heavy atom. The minimum absolute atomic E-state index is 0.00872. The van der Waals surface area contributed by atoms with E-state index in [9.17, 15) is 4.79 Å². The second-order valence-corrected chi connectivity index (χ2v) is 8.55. The van der Waals surface area contributed by atoms with E-state index in [0.717, 1.165) is 47.4 Å². The molecule has 4 rings (SSSR count). The van der Waals surface area contributed by atoms with E-state index in [1.165, 1.54) is 11.3 Å². The lowest BCUT2D eigenvalue weighted by Crippen LogP contribution is -2.25. The SMILES string of the molecule is CCc1cc2c(=O)n(Cc3ccco3)c(SCC3CCCCO3)nc2s1. The normalized spacial score (nSPS) is 17.8. The van der Waals surface area contributed by atoms with Gasteiger partial charge in [0, 0.05) is 17.2 Å². The molecule has 3 aromatic heterocycles. The van der Waals surface area contributed by atoms with E-state index in [1.54, 1.807) is 33.9 Å². The van der Waals surface area contributed by atoms with Gasteiger partial charge in [0.15, 0.2) is 5.16 Å². The number of hydrogen-bond acceptors (Lipinski definition) is 6. The van der Waals surface area contributed by atoms with Gasteiger partial charge in [0.1, 0.15) is 10.6 Å². The third-order valence-corrected chi connectivity index (χ3v) is 6.86. The molecule has 0 amide bonds. The fraction of sp³-hybridized carbons (Fsp3) is 0.474. The summed E-state index contributed by atoms with van der Waals surface area (Å²) < 4.78 is 13.0. The molecule has 1 saturated heterocycles. The Balaban J connectivity index is 1.68. The minimum Gasteiger partial charge on any atom is -0.467 e. The van der Waals surface area contributed by atoms with Crippen LogP contribution in [0.3, 0.4) is 0 Å². The van der Waals surface area contributed by atoms with Crippen LogP contribution in [-0.4, -0.2) is 28.0 Å². The van der Waals surface area contributed by atoms with Crippen LogP contribution in [0, 0.1) is 0 Å². The Morgan fingerprint density at radius 3 is 3.08 bits per heavy atom. The van der Waals surface area contributed by atoms with Crippen LogP contribution in [0.5, 0.6) is 0 Å². The maximum atomic E-state index is 13.1. The summed E-state index contributed by atoms with van der Waals surface area (Å²) in [5.41, 5.74) is 0.00872. The fourth-order valence-electron chi connectivity index (χ4n) is 3.14. The highest BCUT2D eigenvalue weighted by Gasteiger charge is 2.19. The lowest BCUT2D eigenvalue weighted by Gasteiger charge is -2.22. The first-order valence-corrected chi connectivity index (χ1v) is 10.8. The van der Waals surface area contributed by atoms with E-state index in [-0.39, 0.29) is 11.7 Å². The van der Waals surface area contributed by atoms with Crippen LogP contribution in [0.2, 0.25) is 0 Å². The number of thiophene rings is 1. The highest BCUT2D eigenvalue weighted by molar-refractivity contribution is 7.99. The van der Waals surface area contributed by atoms with Gasteiger partial charge in [-0.2, -0.15) is 0 Å². The fourth-order valence-corrected chi connectivity index (χ4v) is 5.21. The van der Waals surface area contributed by atoms with Crippen molar-refractivity contribution in [3.63, 3.8) is 0 Å². The average Bonchev–Trinajstić information content (AvgIpc) is 3.33.